The Kier molecular flexibility index (Phi) is 4.17. The normalized spacial score (nSPS) is 21.7. The Hall–Kier alpha value is -1.76. The lowest BCUT2D eigenvalue weighted by Gasteiger charge is -2.06. The first-order valence-electron chi connectivity index (χ1n) is 6.18. The maximum absolute atomic E-state index is 12.8. The van der Waals surface area contributed by atoms with E-state index in [1.165, 1.54) is 12.1 Å². The molecule has 108 valence electrons. The van der Waals surface area contributed by atoms with Crippen LogP contribution in [-0.4, -0.2) is 31.5 Å². The predicted octanol–water partition coefficient (Wildman–Crippen LogP) is 1.10. The summed E-state index contributed by atoms with van der Waals surface area (Å²) in [6.45, 7) is 1.68. The van der Waals surface area contributed by atoms with E-state index in [1.54, 1.807) is 19.1 Å². The van der Waals surface area contributed by atoms with Gasteiger partial charge in [-0.15, -0.1) is 0 Å². The molecule has 1 aliphatic rings. The monoisotopic (exact) mass is 298 g/mol. The molecule has 1 aromatic rings. The molecule has 2 rings (SSSR count). The number of nitrogens with one attached hydrogen (secondary N) is 1. The number of nitrogens with zero attached hydrogens (tertiary/aromatic N) is 1. The largest absolute Gasteiger partial charge is 0.273 e. The van der Waals surface area contributed by atoms with Gasteiger partial charge in [-0.25, -0.2) is 18.2 Å². The number of rotatable bonds is 3. The predicted molar refractivity (Wildman–Crippen MR) is 73.5 cm³/mol. The molecule has 0 saturated carbocycles. The van der Waals surface area contributed by atoms with Crippen molar-refractivity contribution >= 4 is 21.5 Å². The van der Waals surface area contributed by atoms with Crippen LogP contribution < -0.4 is 5.43 Å². The molecule has 1 atom stereocenters. The van der Waals surface area contributed by atoms with Gasteiger partial charge in [-0.1, -0.05) is 12.1 Å². The number of sulfone groups is 1. The van der Waals surface area contributed by atoms with Crippen LogP contribution in [0.5, 0.6) is 0 Å². The second-order valence-corrected chi connectivity index (χ2v) is 7.01. The van der Waals surface area contributed by atoms with E-state index in [-0.39, 0.29) is 17.3 Å². The number of hydrogen-bond acceptors (Lipinski definition) is 4. The molecule has 1 saturated heterocycles. The standard InChI is InChI=1S/C13H15FN2O3S/c1-9(10-2-4-12(14)5-3-10)15-16-13(17)11-6-7-20(18,19)8-11/h2-5,11H,6-8H2,1H3,(H,16,17)/b15-9-/t11-/m1/s1. The maximum Gasteiger partial charge on any atom is 0.244 e. The third-order valence-corrected chi connectivity index (χ3v) is 4.97. The van der Waals surface area contributed by atoms with E-state index in [4.69, 9.17) is 0 Å². The number of carbonyl (C=O) groups excluding carboxylic acids is 1. The Bertz CT molecular complexity index is 638. The van der Waals surface area contributed by atoms with Crippen LogP contribution in [0.2, 0.25) is 0 Å². The first-order valence-corrected chi connectivity index (χ1v) is 8.00. The zero-order valence-corrected chi connectivity index (χ0v) is 11.8. The summed E-state index contributed by atoms with van der Waals surface area (Å²) in [6, 6.07) is 5.72. The topological polar surface area (TPSA) is 75.6 Å². The first-order chi connectivity index (χ1) is 9.37. The highest BCUT2D eigenvalue weighted by Crippen LogP contribution is 2.18. The number of carbonyl (C=O) groups is 1. The fraction of sp³-hybridized carbons (Fsp3) is 0.385. The van der Waals surface area contributed by atoms with Crippen LogP contribution in [0, 0.1) is 11.7 Å². The molecule has 0 bridgehead atoms. The van der Waals surface area contributed by atoms with Gasteiger partial charge in [-0.2, -0.15) is 5.10 Å². The highest BCUT2D eigenvalue weighted by molar-refractivity contribution is 7.91. The molecule has 1 aromatic carbocycles. The van der Waals surface area contributed by atoms with Crippen molar-refractivity contribution in [3.8, 4) is 0 Å². The molecular formula is C13H15FN2O3S. The minimum Gasteiger partial charge on any atom is -0.273 e. The van der Waals surface area contributed by atoms with E-state index in [2.05, 4.69) is 10.5 Å². The molecule has 5 nitrogen and oxygen atoms in total. The zero-order valence-electron chi connectivity index (χ0n) is 11.0. The Balaban J connectivity index is 1.98. The van der Waals surface area contributed by atoms with Crippen molar-refractivity contribution in [1.82, 2.24) is 5.43 Å². The molecule has 0 spiro atoms. The van der Waals surface area contributed by atoms with Crippen molar-refractivity contribution in [1.29, 1.82) is 0 Å². The smallest absolute Gasteiger partial charge is 0.244 e. The molecule has 1 fully saturated rings. The fourth-order valence-corrected chi connectivity index (χ4v) is 3.73. The second kappa shape index (κ2) is 5.70. The van der Waals surface area contributed by atoms with E-state index in [0.717, 1.165) is 0 Å². The van der Waals surface area contributed by atoms with Crippen LogP contribution in [0.3, 0.4) is 0 Å². The highest BCUT2D eigenvalue weighted by atomic mass is 32.2. The van der Waals surface area contributed by atoms with Gasteiger partial charge in [0.05, 0.1) is 23.1 Å². The molecule has 20 heavy (non-hydrogen) atoms. The SMILES string of the molecule is C/C(=N/NC(=O)[C@@H]1CCS(=O)(=O)C1)c1ccc(F)cc1. The Morgan fingerprint density at radius 2 is 2.00 bits per heavy atom. The van der Waals surface area contributed by atoms with Crippen LogP contribution in [0.15, 0.2) is 29.4 Å². The second-order valence-electron chi connectivity index (χ2n) is 4.78. The summed E-state index contributed by atoms with van der Waals surface area (Å²) in [5, 5.41) is 3.92. The minimum atomic E-state index is -3.09. The summed E-state index contributed by atoms with van der Waals surface area (Å²) in [5.74, 6) is -1.35. The van der Waals surface area contributed by atoms with Gasteiger partial charge in [0.2, 0.25) is 5.91 Å². The number of halogens is 1. The summed E-state index contributed by atoms with van der Waals surface area (Å²) in [7, 11) is -3.09. The van der Waals surface area contributed by atoms with Gasteiger partial charge in [0, 0.05) is 0 Å². The lowest BCUT2D eigenvalue weighted by atomic mass is 10.1. The van der Waals surface area contributed by atoms with Crippen molar-refractivity contribution in [2.24, 2.45) is 11.0 Å². The Labute approximate surface area is 116 Å². The molecule has 0 radical (unpaired) electrons. The van der Waals surface area contributed by atoms with E-state index < -0.39 is 21.7 Å². The van der Waals surface area contributed by atoms with Gasteiger partial charge in [0.25, 0.3) is 0 Å². The highest BCUT2D eigenvalue weighted by Gasteiger charge is 2.32. The average Bonchev–Trinajstić information content (AvgIpc) is 2.77. The van der Waals surface area contributed by atoms with Crippen molar-refractivity contribution < 1.29 is 17.6 Å². The summed E-state index contributed by atoms with van der Waals surface area (Å²) in [4.78, 5) is 11.8. The van der Waals surface area contributed by atoms with E-state index in [1.807, 2.05) is 0 Å². The van der Waals surface area contributed by atoms with Crippen LogP contribution in [-0.2, 0) is 14.6 Å². The third-order valence-electron chi connectivity index (χ3n) is 3.20. The van der Waals surface area contributed by atoms with Gasteiger partial charge in [0.15, 0.2) is 9.84 Å². The van der Waals surface area contributed by atoms with Crippen LogP contribution >= 0.6 is 0 Å². The molecule has 7 heteroatoms. The molecule has 0 aliphatic carbocycles. The molecule has 1 amide bonds. The molecule has 0 aromatic heterocycles. The molecule has 0 unspecified atom stereocenters. The van der Waals surface area contributed by atoms with Gasteiger partial charge in [0.1, 0.15) is 5.82 Å². The average molecular weight is 298 g/mol. The van der Waals surface area contributed by atoms with E-state index in [0.29, 0.717) is 17.7 Å². The van der Waals surface area contributed by atoms with Crippen molar-refractivity contribution in [2.45, 2.75) is 13.3 Å². The fourth-order valence-electron chi connectivity index (χ4n) is 1.99. The third kappa shape index (κ3) is 3.63. The molecule has 1 aliphatic heterocycles. The molecular weight excluding hydrogens is 283 g/mol. The van der Waals surface area contributed by atoms with Gasteiger partial charge >= 0.3 is 0 Å². The Morgan fingerprint density at radius 1 is 1.35 bits per heavy atom. The van der Waals surface area contributed by atoms with Crippen molar-refractivity contribution in [3.63, 3.8) is 0 Å². The van der Waals surface area contributed by atoms with Gasteiger partial charge in [-0.05, 0) is 31.0 Å². The number of benzene rings is 1. The zero-order chi connectivity index (χ0) is 14.8. The number of hydrazone groups is 1. The van der Waals surface area contributed by atoms with Crippen LogP contribution in [0.4, 0.5) is 4.39 Å². The summed E-state index contributed by atoms with van der Waals surface area (Å²) < 4.78 is 35.3. The number of hydrogen-bond donors (Lipinski definition) is 1. The minimum absolute atomic E-state index is 0.0474. The van der Waals surface area contributed by atoms with Crippen LogP contribution in [0.25, 0.3) is 0 Å². The summed E-state index contributed by atoms with van der Waals surface area (Å²) in [6.07, 6.45) is 0.333. The Morgan fingerprint density at radius 3 is 2.55 bits per heavy atom. The quantitative estimate of drug-likeness (QED) is 0.670. The van der Waals surface area contributed by atoms with Crippen molar-refractivity contribution in [3.05, 3.63) is 35.6 Å². The molecule has 1 heterocycles. The first kappa shape index (κ1) is 14.6. The van der Waals surface area contributed by atoms with Crippen LogP contribution in [0.1, 0.15) is 18.9 Å². The van der Waals surface area contributed by atoms with Gasteiger partial charge < -0.3 is 0 Å². The van der Waals surface area contributed by atoms with Gasteiger partial charge in [-0.3, -0.25) is 4.79 Å². The summed E-state index contributed by atoms with van der Waals surface area (Å²) >= 11 is 0. The molecule has 1 N–H and O–H groups in total. The lowest BCUT2D eigenvalue weighted by molar-refractivity contribution is -0.124. The van der Waals surface area contributed by atoms with E-state index >= 15 is 0 Å². The van der Waals surface area contributed by atoms with Crippen molar-refractivity contribution in [2.75, 3.05) is 11.5 Å². The lowest BCUT2D eigenvalue weighted by Crippen LogP contribution is -2.28. The van der Waals surface area contributed by atoms with E-state index in [9.17, 15) is 17.6 Å². The number of amides is 1. The maximum atomic E-state index is 12.8. The summed E-state index contributed by atoms with van der Waals surface area (Å²) in [5.41, 5.74) is 3.58.